The monoisotopic (exact) mass is 214 g/mol. The molecule has 2 unspecified atom stereocenters. The van der Waals surface area contributed by atoms with Crippen LogP contribution in [0.5, 0.6) is 0 Å². The molecule has 0 aliphatic carbocycles. The van der Waals surface area contributed by atoms with Gasteiger partial charge in [0.2, 0.25) is 0 Å². The molecule has 0 aromatic heterocycles. The van der Waals surface area contributed by atoms with Crippen LogP contribution in [0.15, 0.2) is 0 Å². The van der Waals surface area contributed by atoms with E-state index in [9.17, 15) is 0 Å². The fraction of sp³-hybridized carbons (Fsp3) is 0.909. The Hall–Kier alpha value is -0.150. The van der Waals surface area contributed by atoms with Crippen LogP contribution in [0.3, 0.4) is 0 Å². The lowest BCUT2D eigenvalue weighted by Crippen LogP contribution is -2.42. The molecule has 1 rings (SSSR count). The summed E-state index contributed by atoms with van der Waals surface area (Å²) in [5, 5.41) is 0. The molecule has 2 atom stereocenters. The van der Waals surface area contributed by atoms with Gasteiger partial charge in [0, 0.05) is 0 Å². The third-order valence-electron chi connectivity index (χ3n) is 3.42. The van der Waals surface area contributed by atoms with E-state index in [-0.39, 0.29) is 6.04 Å². The van der Waals surface area contributed by atoms with Crippen LogP contribution in [0.1, 0.15) is 39.5 Å². The molecule has 0 bridgehead atoms. The first-order valence-electron chi connectivity index (χ1n) is 5.68. The predicted octanol–water partition coefficient (Wildman–Crippen LogP) is 2.17. The number of likely N-dealkylation sites (tertiary alicyclic amines) is 1. The highest BCUT2D eigenvalue weighted by Crippen LogP contribution is 2.21. The minimum absolute atomic E-state index is 0.278. The SMILES string of the molecule is CCC1CCCN(C(C)C(N)=S)CC1. The van der Waals surface area contributed by atoms with Crippen molar-refractivity contribution < 1.29 is 0 Å². The van der Waals surface area contributed by atoms with Crippen LogP contribution in [0.2, 0.25) is 0 Å². The molecule has 1 aliphatic heterocycles. The maximum atomic E-state index is 5.67. The zero-order valence-corrected chi connectivity index (χ0v) is 10.1. The van der Waals surface area contributed by atoms with Crippen molar-refractivity contribution in [3.63, 3.8) is 0 Å². The largest absolute Gasteiger partial charge is 0.392 e. The van der Waals surface area contributed by atoms with Gasteiger partial charge in [-0.25, -0.2) is 0 Å². The van der Waals surface area contributed by atoms with Crippen molar-refractivity contribution in [2.45, 2.75) is 45.6 Å². The lowest BCUT2D eigenvalue weighted by molar-refractivity contribution is 0.260. The normalized spacial score (nSPS) is 26.9. The van der Waals surface area contributed by atoms with Crippen molar-refractivity contribution in [2.75, 3.05) is 13.1 Å². The fourth-order valence-corrected chi connectivity index (χ4v) is 2.31. The molecule has 1 fully saturated rings. The topological polar surface area (TPSA) is 29.3 Å². The molecule has 0 spiro atoms. The molecule has 0 aromatic rings. The van der Waals surface area contributed by atoms with Gasteiger partial charge in [-0.2, -0.15) is 0 Å². The van der Waals surface area contributed by atoms with Gasteiger partial charge in [-0.1, -0.05) is 25.6 Å². The Morgan fingerprint density at radius 3 is 2.79 bits per heavy atom. The Kier molecular flexibility index (Phi) is 4.82. The van der Waals surface area contributed by atoms with Crippen LogP contribution in [-0.2, 0) is 0 Å². The number of nitrogens with zero attached hydrogens (tertiary/aromatic N) is 1. The Morgan fingerprint density at radius 2 is 2.21 bits per heavy atom. The van der Waals surface area contributed by atoms with Crippen molar-refractivity contribution in [1.29, 1.82) is 0 Å². The van der Waals surface area contributed by atoms with Gasteiger partial charge in [-0.15, -0.1) is 0 Å². The number of hydrogen-bond acceptors (Lipinski definition) is 2. The second-order valence-corrected chi connectivity index (χ2v) is 4.79. The smallest absolute Gasteiger partial charge is 0.0899 e. The van der Waals surface area contributed by atoms with Crippen LogP contribution < -0.4 is 5.73 Å². The summed E-state index contributed by atoms with van der Waals surface area (Å²) >= 11 is 5.04. The predicted molar refractivity (Wildman–Crippen MR) is 65.5 cm³/mol. The van der Waals surface area contributed by atoms with Gasteiger partial charge >= 0.3 is 0 Å². The first kappa shape index (κ1) is 11.9. The van der Waals surface area contributed by atoms with E-state index in [1.54, 1.807) is 0 Å². The van der Waals surface area contributed by atoms with Crippen LogP contribution in [-0.4, -0.2) is 29.0 Å². The van der Waals surface area contributed by atoms with Gasteiger partial charge < -0.3 is 5.73 Å². The second kappa shape index (κ2) is 5.66. The minimum atomic E-state index is 0.278. The summed E-state index contributed by atoms with van der Waals surface area (Å²) in [6.45, 7) is 6.73. The quantitative estimate of drug-likeness (QED) is 0.730. The van der Waals surface area contributed by atoms with Gasteiger partial charge in [0.05, 0.1) is 11.0 Å². The molecule has 82 valence electrons. The summed E-state index contributed by atoms with van der Waals surface area (Å²) < 4.78 is 0. The summed E-state index contributed by atoms with van der Waals surface area (Å²) in [4.78, 5) is 3.07. The average molecular weight is 214 g/mol. The number of rotatable bonds is 3. The van der Waals surface area contributed by atoms with E-state index < -0.39 is 0 Å². The van der Waals surface area contributed by atoms with E-state index in [0.717, 1.165) is 19.0 Å². The Bertz CT molecular complexity index is 194. The molecule has 2 N–H and O–H groups in total. The van der Waals surface area contributed by atoms with Crippen molar-refractivity contribution in [3.05, 3.63) is 0 Å². The van der Waals surface area contributed by atoms with Crippen LogP contribution >= 0.6 is 12.2 Å². The second-order valence-electron chi connectivity index (χ2n) is 4.32. The Labute approximate surface area is 92.8 Å². The standard InChI is InChI=1S/C11H22N2S/c1-3-10-5-4-7-13(8-6-10)9(2)11(12)14/h9-10H,3-8H2,1-2H3,(H2,12,14). The molecular formula is C11H22N2S. The van der Waals surface area contributed by atoms with E-state index >= 15 is 0 Å². The molecule has 3 heteroatoms. The summed E-state index contributed by atoms with van der Waals surface area (Å²) in [5.41, 5.74) is 5.67. The molecule has 1 saturated heterocycles. The van der Waals surface area contributed by atoms with Crippen molar-refractivity contribution >= 4 is 17.2 Å². The van der Waals surface area contributed by atoms with Crippen molar-refractivity contribution in [2.24, 2.45) is 11.7 Å². The number of thiocarbonyl (C=S) groups is 1. The number of hydrogen-bond donors (Lipinski definition) is 1. The third-order valence-corrected chi connectivity index (χ3v) is 3.76. The van der Waals surface area contributed by atoms with Gasteiger partial charge in [-0.05, 0) is 45.2 Å². The third kappa shape index (κ3) is 3.21. The summed E-state index contributed by atoms with van der Waals surface area (Å²) in [7, 11) is 0. The molecule has 0 aromatic carbocycles. The van der Waals surface area contributed by atoms with Gasteiger partial charge in [0.1, 0.15) is 0 Å². The zero-order chi connectivity index (χ0) is 10.6. The lowest BCUT2D eigenvalue weighted by atomic mass is 9.98. The molecular weight excluding hydrogens is 192 g/mol. The molecule has 2 nitrogen and oxygen atoms in total. The highest BCUT2D eigenvalue weighted by Gasteiger charge is 2.20. The van der Waals surface area contributed by atoms with Crippen LogP contribution in [0.4, 0.5) is 0 Å². The molecule has 0 amide bonds. The van der Waals surface area contributed by atoms with Crippen molar-refractivity contribution in [3.8, 4) is 0 Å². The maximum absolute atomic E-state index is 5.67. The molecule has 1 aliphatic rings. The zero-order valence-electron chi connectivity index (χ0n) is 9.33. The van der Waals surface area contributed by atoms with Gasteiger partial charge in [0.15, 0.2) is 0 Å². The molecule has 0 saturated carbocycles. The highest BCUT2D eigenvalue weighted by molar-refractivity contribution is 7.80. The van der Waals surface area contributed by atoms with E-state index in [1.165, 1.54) is 25.7 Å². The molecule has 1 heterocycles. The summed E-state index contributed by atoms with van der Waals surface area (Å²) in [6.07, 6.45) is 5.29. The first-order chi connectivity index (χ1) is 6.65. The van der Waals surface area contributed by atoms with E-state index in [2.05, 4.69) is 18.7 Å². The maximum Gasteiger partial charge on any atom is 0.0899 e. The lowest BCUT2D eigenvalue weighted by Gasteiger charge is -2.26. The first-order valence-corrected chi connectivity index (χ1v) is 6.09. The average Bonchev–Trinajstić information content (AvgIpc) is 2.41. The highest BCUT2D eigenvalue weighted by atomic mass is 32.1. The van der Waals surface area contributed by atoms with Crippen molar-refractivity contribution in [1.82, 2.24) is 4.90 Å². The Balaban J connectivity index is 2.45. The van der Waals surface area contributed by atoms with E-state index in [4.69, 9.17) is 18.0 Å². The molecule has 14 heavy (non-hydrogen) atoms. The number of nitrogens with two attached hydrogens (primary N) is 1. The van der Waals surface area contributed by atoms with Crippen LogP contribution in [0.25, 0.3) is 0 Å². The summed E-state index contributed by atoms with van der Waals surface area (Å²) in [6, 6.07) is 0.278. The van der Waals surface area contributed by atoms with Gasteiger partial charge in [0.25, 0.3) is 0 Å². The summed E-state index contributed by atoms with van der Waals surface area (Å²) in [5.74, 6) is 0.915. The Morgan fingerprint density at radius 1 is 1.50 bits per heavy atom. The molecule has 0 radical (unpaired) electrons. The van der Waals surface area contributed by atoms with Crippen LogP contribution in [0, 0.1) is 5.92 Å². The van der Waals surface area contributed by atoms with E-state index in [1.807, 2.05) is 0 Å². The van der Waals surface area contributed by atoms with Gasteiger partial charge in [-0.3, -0.25) is 4.90 Å². The minimum Gasteiger partial charge on any atom is -0.392 e. The van der Waals surface area contributed by atoms with E-state index in [0.29, 0.717) is 4.99 Å². The fourth-order valence-electron chi connectivity index (χ4n) is 2.16.